The standard InChI is InChI=1S/C43H39N3O6/c1-27(9-5-18-39(48)44-25-31-12-4-3-11-30(31)22-33(44)26-47)43(51)36-23-34(52-2)19-20-37(36)45(42(43)50)24-28-10-6-15-32(21-28)46-38-17-8-14-29-13-7-16-35(40(29)38)41(46)49/h3-17,19-21,23,27,33,47,51H,18,22,24-26H2,1-2H3/b9-5+/t27-,33-,43+/m0/s1. The van der Waals surface area contributed by atoms with Crippen LogP contribution < -0.4 is 14.5 Å². The Kier molecular flexibility index (Phi) is 8.40. The van der Waals surface area contributed by atoms with Gasteiger partial charge in [-0.2, -0.15) is 0 Å². The summed E-state index contributed by atoms with van der Waals surface area (Å²) < 4.78 is 5.49. The van der Waals surface area contributed by atoms with Crippen LogP contribution in [0.2, 0.25) is 0 Å². The van der Waals surface area contributed by atoms with Gasteiger partial charge in [0.2, 0.25) is 5.91 Å². The minimum absolute atomic E-state index is 0.0571. The van der Waals surface area contributed by atoms with Crippen LogP contribution in [-0.2, 0) is 34.7 Å². The average Bonchev–Trinajstić information content (AvgIpc) is 3.58. The van der Waals surface area contributed by atoms with Gasteiger partial charge >= 0.3 is 0 Å². The van der Waals surface area contributed by atoms with Crippen molar-refractivity contribution in [3.8, 4) is 5.75 Å². The summed E-state index contributed by atoms with van der Waals surface area (Å²) in [5, 5.41) is 24.3. The summed E-state index contributed by atoms with van der Waals surface area (Å²) in [6.45, 7) is 2.20. The fraction of sp³-hybridized carbons (Fsp3) is 0.233. The third-order valence-electron chi connectivity index (χ3n) is 10.8. The van der Waals surface area contributed by atoms with E-state index in [9.17, 15) is 24.6 Å². The van der Waals surface area contributed by atoms with E-state index in [2.05, 4.69) is 0 Å². The number of amides is 3. The van der Waals surface area contributed by atoms with E-state index in [0.29, 0.717) is 41.2 Å². The van der Waals surface area contributed by atoms with Gasteiger partial charge in [0.15, 0.2) is 5.60 Å². The summed E-state index contributed by atoms with van der Waals surface area (Å²) in [5.41, 5.74) is 4.18. The van der Waals surface area contributed by atoms with Gasteiger partial charge in [-0.25, -0.2) is 0 Å². The lowest BCUT2D eigenvalue weighted by Crippen LogP contribution is -2.46. The molecule has 5 aromatic carbocycles. The van der Waals surface area contributed by atoms with Crippen molar-refractivity contribution >= 4 is 45.6 Å². The van der Waals surface area contributed by atoms with Gasteiger partial charge in [-0.1, -0.05) is 79.7 Å². The predicted molar refractivity (Wildman–Crippen MR) is 199 cm³/mol. The third kappa shape index (κ3) is 5.36. The zero-order chi connectivity index (χ0) is 36.1. The van der Waals surface area contributed by atoms with E-state index in [1.165, 1.54) is 7.11 Å². The molecule has 9 nitrogen and oxygen atoms in total. The van der Waals surface area contributed by atoms with E-state index < -0.39 is 17.4 Å². The van der Waals surface area contributed by atoms with Crippen LogP contribution in [-0.4, -0.2) is 52.6 Å². The normalized spacial score (nSPS) is 19.8. The number of hydrogen-bond donors (Lipinski definition) is 2. The predicted octanol–water partition coefficient (Wildman–Crippen LogP) is 6.40. The number of carbonyl (C=O) groups is 3. The first-order valence-corrected chi connectivity index (χ1v) is 17.5. The maximum absolute atomic E-state index is 14.4. The topological polar surface area (TPSA) is 111 Å². The van der Waals surface area contributed by atoms with Crippen molar-refractivity contribution in [2.75, 3.05) is 23.5 Å². The van der Waals surface area contributed by atoms with Gasteiger partial charge in [-0.15, -0.1) is 0 Å². The third-order valence-corrected chi connectivity index (χ3v) is 10.8. The van der Waals surface area contributed by atoms with Crippen LogP contribution in [0.15, 0.2) is 115 Å². The molecular formula is C43H39N3O6. The van der Waals surface area contributed by atoms with E-state index in [-0.39, 0.29) is 37.4 Å². The summed E-state index contributed by atoms with van der Waals surface area (Å²) >= 11 is 0. The maximum Gasteiger partial charge on any atom is 0.264 e. The molecule has 262 valence electrons. The van der Waals surface area contributed by atoms with Crippen LogP contribution in [0.1, 0.15) is 46.0 Å². The molecule has 2 N–H and O–H groups in total. The summed E-state index contributed by atoms with van der Waals surface area (Å²) in [4.78, 5) is 46.4. The number of hydrogen-bond acceptors (Lipinski definition) is 6. The molecule has 3 amide bonds. The molecule has 8 rings (SSSR count). The summed E-state index contributed by atoms with van der Waals surface area (Å²) in [5.74, 6) is -0.939. The first-order valence-electron chi connectivity index (χ1n) is 17.5. The monoisotopic (exact) mass is 693 g/mol. The maximum atomic E-state index is 14.4. The lowest BCUT2D eigenvalue weighted by Gasteiger charge is -2.36. The SMILES string of the molecule is COc1ccc2c(c1)[C@](O)([C@@H](C)/C=C/CC(=O)N1Cc3ccccc3C[C@H]1CO)C(=O)N2Cc1cccc(N2C(=O)c3cccc4cccc2c34)c1. The summed E-state index contributed by atoms with van der Waals surface area (Å²) in [6.07, 6.45) is 4.06. The van der Waals surface area contributed by atoms with Crippen LogP contribution in [0.25, 0.3) is 10.8 Å². The molecule has 3 aliphatic rings. The van der Waals surface area contributed by atoms with Crippen LogP contribution >= 0.6 is 0 Å². The fourth-order valence-electron chi connectivity index (χ4n) is 8.03. The zero-order valence-electron chi connectivity index (χ0n) is 29.0. The highest BCUT2D eigenvalue weighted by Gasteiger charge is 2.52. The molecule has 0 saturated carbocycles. The number of aliphatic hydroxyl groups excluding tert-OH is 1. The van der Waals surface area contributed by atoms with Crippen LogP contribution in [0.3, 0.4) is 0 Å². The first-order chi connectivity index (χ1) is 25.2. The first kappa shape index (κ1) is 33.4. The van der Waals surface area contributed by atoms with Gasteiger partial charge in [-0.05, 0) is 71.0 Å². The van der Waals surface area contributed by atoms with Crippen molar-refractivity contribution in [3.05, 3.63) is 143 Å². The number of nitrogens with zero attached hydrogens (tertiary/aromatic N) is 3. The number of carbonyl (C=O) groups excluding carboxylic acids is 3. The average molecular weight is 694 g/mol. The largest absolute Gasteiger partial charge is 0.497 e. The number of anilines is 3. The Bertz CT molecular complexity index is 2280. The minimum Gasteiger partial charge on any atom is -0.497 e. The molecule has 0 bridgehead atoms. The van der Waals surface area contributed by atoms with Gasteiger partial charge < -0.3 is 24.7 Å². The molecule has 5 aromatic rings. The van der Waals surface area contributed by atoms with Crippen molar-refractivity contribution in [1.29, 1.82) is 0 Å². The summed E-state index contributed by atoms with van der Waals surface area (Å²) in [6, 6.07) is 32.0. The van der Waals surface area contributed by atoms with Gasteiger partial charge in [0, 0.05) is 35.5 Å². The highest BCUT2D eigenvalue weighted by Crippen LogP contribution is 2.48. The van der Waals surface area contributed by atoms with E-state index in [1.54, 1.807) is 52.0 Å². The molecule has 0 radical (unpaired) electrons. The molecule has 0 saturated heterocycles. The van der Waals surface area contributed by atoms with Crippen molar-refractivity contribution < 1.29 is 29.3 Å². The van der Waals surface area contributed by atoms with Crippen LogP contribution in [0.4, 0.5) is 17.1 Å². The fourth-order valence-corrected chi connectivity index (χ4v) is 8.03. The quantitative estimate of drug-likeness (QED) is 0.173. The second-order valence-electron chi connectivity index (χ2n) is 13.8. The second-order valence-corrected chi connectivity index (χ2v) is 13.8. The molecule has 0 aromatic heterocycles. The Morgan fingerprint density at radius 1 is 0.942 bits per heavy atom. The second kappa shape index (κ2) is 13.1. The lowest BCUT2D eigenvalue weighted by molar-refractivity contribution is -0.139. The van der Waals surface area contributed by atoms with Crippen molar-refractivity contribution in [2.24, 2.45) is 5.92 Å². The minimum atomic E-state index is -1.93. The van der Waals surface area contributed by atoms with Gasteiger partial charge in [0.05, 0.1) is 43.2 Å². The molecule has 3 heterocycles. The van der Waals surface area contributed by atoms with Gasteiger partial charge in [0.25, 0.3) is 11.8 Å². The molecular weight excluding hydrogens is 654 g/mol. The number of methoxy groups -OCH3 is 1. The molecule has 0 fully saturated rings. The lowest BCUT2D eigenvalue weighted by atomic mass is 9.82. The van der Waals surface area contributed by atoms with Crippen molar-refractivity contribution in [2.45, 2.75) is 44.5 Å². The molecule has 9 heteroatoms. The van der Waals surface area contributed by atoms with Gasteiger partial charge in [0.1, 0.15) is 5.75 Å². The number of ether oxygens (including phenoxy) is 1. The Morgan fingerprint density at radius 2 is 1.71 bits per heavy atom. The number of fused-ring (bicyclic) bond motifs is 2. The highest BCUT2D eigenvalue weighted by atomic mass is 16.5. The number of aliphatic hydroxyl groups is 2. The number of benzene rings is 5. The van der Waals surface area contributed by atoms with Crippen LogP contribution in [0.5, 0.6) is 5.75 Å². The van der Waals surface area contributed by atoms with Crippen molar-refractivity contribution in [1.82, 2.24) is 4.90 Å². The highest BCUT2D eigenvalue weighted by molar-refractivity contribution is 6.27. The molecule has 3 atom stereocenters. The Balaban J connectivity index is 1.04. The van der Waals surface area contributed by atoms with E-state index in [0.717, 1.165) is 33.2 Å². The number of rotatable bonds is 9. The van der Waals surface area contributed by atoms with Gasteiger partial charge in [-0.3, -0.25) is 19.3 Å². The van der Waals surface area contributed by atoms with Crippen LogP contribution in [0, 0.1) is 5.92 Å². The van der Waals surface area contributed by atoms with E-state index in [1.807, 2.05) is 84.9 Å². The Hall–Kier alpha value is -5.77. The smallest absolute Gasteiger partial charge is 0.264 e. The van der Waals surface area contributed by atoms with E-state index in [4.69, 9.17) is 4.74 Å². The van der Waals surface area contributed by atoms with E-state index >= 15 is 0 Å². The zero-order valence-corrected chi connectivity index (χ0v) is 29.0. The molecule has 0 unspecified atom stereocenters. The molecule has 0 spiro atoms. The van der Waals surface area contributed by atoms with Crippen molar-refractivity contribution in [3.63, 3.8) is 0 Å². The summed E-state index contributed by atoms with van der Waals surface area (Å²) in [7, 11) is 1.53. The Labute approximate surface area is 302 Å². The molecule has 3 aliphatic heterocycles. The molecule has 52 heavy (non-hydrogen) atoms. The molecule has 0 aliphatic carbocycles. The Morgan fingerprint density at radius 3 is 2.50 bits per heavy atom.